The highest BCUT2D eigenvalue weighted by Gasteiger charge is 2.34. The van der Waals surface area contributed by atoms with E-state index in [9.17, 15) is 13.2 Å². The van der Waals surface area contributed by atoms with Crippen molar-refractivity contribution in [2.75, 3.05) is 39.3 Å². The number of aliphatic hydroxyl groups is 1. The minimum atomic E-state index is -4.00. The number of carbonyl (C=O) groups excluding carboxylic acids is 1. The molecule has 1 amide bonds. The van der Waals surface area contributed by atoms with Crippen LogP contribution in [0.4, 0.5) is 4.79 Å². The first-order valence-corrected chi connectivity index (χ1v) is 8.75. The topological polar surface area (TPSA) is 99.2 Å². The van der Waals surface area contributed by atoms with Gasteiger partial charge in [0.1, 0.15) is 6.61 Å². The fourth-order valence-electron chi connectivity index (χ4n) is 2.20. The molecular formula is C14H21N3O5S. The van der Waals surface area contributed by atoms with Crippen LogP contribution in [0.5, 0.6) is 0 Å². The SMILES string of the molecule is O=C(OCc1ccccc1)N(CCO)S(=O)(=O)N1CCNCC1. The van der Waals surface area contributed by atoms with Crippen molar-refractivity contribution >= 4 is 16.3 Å². The molecule has 0 bridgehead atoms. The van der Waals surface area contributed by atoms with Crippen LogP contribution in [0.1, 0.15) is 5.56 Å². The van der Waals surface area contributed by atoms with E-state index >= 15 is 0 Å². The Morgan fingerprint density at radius 3 is 2.52 bits per heavy atom. The van der Waals surface area contributed by atoms with E-state index in [1.807, 2.05) is 6.07 Å². The molecule has 0 radical (unpaired) electrons. The van der Waals surface area contributed by atoms with Crippen molar-refractivity contribution in [1.82, 2.24) is 13.9 Å². The van der Waals surface area contributed by atoms with E-state index < -0.39 is 22.9 Å². The molecule has 0 atom stereocenters. The van der Waals surface area contributed by atoms with E-state index in [1.54, 1.807) is 24.3 Å². The minimum Gasteiger partial charge on any atom is -0.444 e. The van der Waals surface area contributed by atoms with Gasteiger partial charge in [-0.25, -0.2) is 4.79 Å². The number of rotatable bonds is 6. The summed E-state index contributed by atoms with van der Waals surface area (Å²) in [6, 6.07) is 8.97. The predicted octanol–water partition coefficient (Wildman–Crippen LogP) is -0.232. The van der Waals surface area contributed by atoms with Gasteiger partial charge in [-0.15, -0.1) is 0 Å². The van der Waals surface area contributed by atoms with E-state index in [4.69, 9.17) is 9.84 Å². The number of ether oxygens (including phenoxy) is 1. The lowest BCUT2D eigenvalue weighted by atomic mass is 10.2. The van der Waals surface area contributed by atoms with Crippen molar-refractivity contribution in [1.29, 1.82) is 0 Å². The third-order valence-corrected chi connectivity index (χ3v) is 5.30. The Morgan fingerprint density at radius 1 is 1.26 bits per heavy atom. The van der Waals surface area contributed by atoms with Crippen LogP contribution in [0.25, 0.3) is 0 Å². The van der Waals surface area contributed by atoms with Crippen LogP contribution in [-0.2, 0) is 21.6 Å². The average molecular weight is 343 g/mol. The summed E-state index contributed by atoms with van der Waals surface area (Å²) in [4.78, 5) is 12.2. The number of carbonyl (C=O) groups is 1. The van der Waals surface area contributed by atoms with Gasteiger partial charge in [0, 0.05) is 26.2 Å². The first-order valence-electron chi connectivity index (χ1n) is 7.36. The highest BCUT2D eigenvalue weighted by atomic mass is 32.2. The second-order valence-corrected chi connectivity index (χ2v) is 6.85. The van der Waals surface area contributed by atoms with Gasteiger partial charge in [-0.1, -0.05) is 30.3 Å². The Kier molecular flexibility index (Phi) is 6.34. The number of piperazine rings is 1. The molecule has 0 spiro atoms. The molecule has 0 unspecified atom stereocenters. The fraction of sp³-hybridized carbons (Fsp3) is 0.500. The summed E-state index contributed by atoms with van der Waals surface area (Å²) < 4.78 is 32.0. The molecule has 1 aromatic rings. The van der Waals surface area contributed by atoms with Crippen LogP contribution in [0.2, 0.25) is 0 Å². The van der Waals surface area contributed by atoms with Crippen molar-refractivity contribution in [3.63, 3.8) is 0 Å². The zero-order valence-corrected chi connectivity index (χ0v) is 13.5. The highest BCUT2D eigenvalue weighted by molar-refractivity contribution is 7.87. The number of benzene rings is 1. The zero-order chi connectivity index (χ0) is 16.7. The average Bonchev–Trinajstić information content (AvgIpc) is 2.59. The fourth-order valence-corrected chi connectivity index (χ4v) is 3.67. The van der Waals surface area contributed by atoms with Crippen molar-refractivity contribution in [2.45, 2.75) is 6.61 Å². The maximum atomic E-state index is 12.5. The number of amides is 1. The van der Waals surface area contributed by atoms with Crippen LogP contribution >= 0.6 is 0 Å². The molecule has 1 saturated heterocycles. The Bertz CT molecular complexity index is 602. The summed E-state index contributed by atoms with van der Waals surface area (Å²) in [6.07, 6.45) is -0.985. The zero-order valence-electron chi connectivity index (χ0n) is 12.7. The number of hydrogen-bond donors (Lipinski definition) is 2. The summed E-state index contributed by atoms with van der Waals surface area (Å²) >= 11 is 0. The molecule has 1 aliphatic heterocycles. The van der Waals surface area contributed by atoms with E-state index in [-0.39, 0.29) is 26.2 Å². The molecule has 1 heterocycles. The first-order chi connectivity index (χ1) is 11.1. The number of nitrogens with zero attached hydrogens (tertiary/aromatic N) is 2. The van der Waals surface area contributed by atoms with E-state index in [0.717, 1.165) is 5.56 Å². The maximum Gasteiger partial charge on any atom is 0.425 e. The molecule has 128 valence electrons. The second-order valence-electron chi connectivity index (χ2n) is 4.99. The molecule has 8 nitrogen and oxygen atoms in total. The van der Waals surface area contributed by atoms with Gasteiger partial charge in [0.25, 0.3) is 0 Å². The molecule has 0 aliphatic carbocycles. The monoisotopic (exact) mass is 343 g/mol. The summed E-state index contributed by atoms with van der Waals surface area (Å²) in [6.45, 7) is 0.757. The van der Waals surface area contributed by atoms with E-state index in [1.165, 1.54) is 4.31 Å². The Morgan fingerprint density at radius 2 is 1.91 bits per heavy atom. The third kappa shape index (κ3) is 4.64. The lowest BCUT2D eigenvalue weighted by molar-refractivity contribution is 0.111. The molecule has 1 fully saturated rings. The lowest BCUT2D eigenvalue weighted by Gasteiger charge is -2.31. The van der Waals surface area contributed by atoms with Crippen LogP contribution < -0.4 is 5.32 Å². The summed E-state index contributed by atoms with van der Waals surface area (Å²) in [5.74, 6) is 0. The Labute approximate surface area is 135 Å². The predicted molar refractivity (Wildman–Crippen MR) is 83.8 cm³/mol. The van der Waals surface area contributed by atoms with Crippen LogP contribution in [0.3, 0.4) is 0 Å². The largest absolute Gasteiger partial charge is 0.444 e. The smallest absolute Gasteiger partial charge is 0.425 e. The number of aliphatic hydroxyl groups excluding tert-OH is 1. The van der Waals surface area contributed by atoms with Gasteiger partial charge >= 0.3 is 16.3 Å². The molecule has 0 aromatic heterocycles. The van der Waals surface area contributed by atoms with Crippen LogP contribution in [0, 0.1) is 0 Å². The van der Waals surface area contributed by atoms with Gasteiger partial charge in [-0.2, -0.15) is 17.0 Å². The highest BCUT2D eigenvalue weighted by Crippen LogP contribution is 2.12. The first kappa shape index (κ1) is 17.7. The maximum absolute atomic E-state index is 12.5. The van der Waals surface area contributed by atoms with Crippen LogP contribution in [0.15, 0.2) is 30.3 Å². The van der Waals surface area contributed by atoms with Crippen molar-refractivity contribution in [3.05, 3.63) is 35.9 Å². The Balaban J connectivity index is 2.05. The molecular weight excluding hydrogens is 322 g/mol. The van der Waals surface area contributed by atoms with Gasteiger partial charge in [0.05, 0.1) is 13.2 Å². The minimum absolute atomic E-state index is 0.0291. The van der Waals surface area contributed by atoms with E-state index in [2.05, 4.69) is 5.32 Å². The lowest BCUT2D eigenvalue weighted by Crippen LogP contribution is -2.53. The van der Waals surface area contributed by atoms with Gasteiger partial charge in [0.15, 0.2) is 0 Å². The molecule has 2 rings (SSSR count). The van der Waals surface area contributed by atoms with Crippen molar-refractivity contribution in [3.8, 4) is 0 Å². The summed E-state index contributed by atoms with van der Waals surface area (Å²) in [7, 11) is -4.00. The quantitative estimate of drug-likeness (QED) is 0.740. The van der Waals surface area contributed by atoms with Gasteiger partial charge < -0.3 is 15.2 Å². The normalized spacial score (nSPS) is 16.0. The second kappa shape index (κ2) is 8.25. The third-order valence-electron chi connectivity index (χ3n) is 3.39. The number of hydrogen-bond acceptors (Lipinski definition) is 6. The van der Waals surface area contributed by atoms with Crippen molar-refractivity contribution in [2.24, 2.45) is 0 Å². The number of nitrogens with one attached hydrogen (secondary N) is 1. The van der Waals surface area contributed by atoms with Crippen LogP contribution in [-0.4, -0.2) is 67.6 Å². The molecule has 0 saturated carbocycles. The summed E-state index contributed by atoms with van der Waals surface area (Å²) in [5.41, 5.74) is 0.754. The molecule has 23 heavy (non-hydrogen) atoms. The van der Waals surface area contributed by atoms with Gasteiger partial charge in [0.2, 0.25) is 0 Å². The standard InChI is InChI=1S/C14H21N3O5S/c18-11-10-17(23(20,21)16-8-6-15-7-9-16)14(19)22-12-13-4-2-1-3-5-13/h1-5,15,18H,6-12H2. The molecule has 1 aromatic carbocycles. The molecule has 2 N–H and O–H groups in total. The van der Waals surface area contributed by atoms with Gasteiger partial charge in [-0.05, 0) is 5.56 Å². The van der Waals surface area contributed by atoms with Gasteiger partial charge in [-0.3, -0.25) is 0 Å². The summed E-state index contributed by atoms with van der Waals surface area (Å²) in [5, 5.41) is 12.1. The van der Waals surface area contributed by atoms with E-state index in [0.29, 0.717) is 17.4 Å². The Hall–Kier alpha value is -1.68. The molecule has 9 heteroatoms. The molecule has 1 aliphatic rings. The van der Waals surface area contributed by atoms with Crippen molar-refractivity contribution < 1.29 is 23.1 Å².